The molecule has 0 unspecified atom stereocenters. The fraction of sp³-hybridized carbons (Fsp3) is 0.214. The number of aryl methyl sites for hydroxylation is 1. The second-order valence-corrected chi connectivity index (χ2v) is 3.90. The van der Waals surface area contributed by atoms with E-state index in [1.807, 2.05) is 19.1 Å². The predicted octanol–water partition coefficient (Wildman–Crippen LogP) is 3.75. The van der Waals surface area contributed by atoms with Crippen LogP contribution in [0.3, 0.4) is 0 Å². The third-order valence-corrected chi connectivity index (χ3v) is 2.43. The lowest BCUT2D eigenvalue weighted by atomic mass is 10.2. The average molecular weight is 246 g/mol. The highest BCUT2D eigenvalue weighted by molar-refractivity contribution is 5.38. The molecule has 2 rings (SSSR count). The third-order valence-electron chi connectivity index (χ3n) is 2.43. The molecule has 0 aliphatic heterocycles. The summed E-state index contributed by atoms with van der Waals surface area (Å²) < 4.78 is 18.7. The molecule has 0 bridgehead atoms. The van der Waals surface area contributed by atoms with Crippen molar-refractivity contribution in [3.05, 3.63) is 47.8 Å². The van der Waals surface area contributed by atoms with Crippen molar-refractivity contribution in [3.8, 4) is 11.6 Å². The van der Waals surface area contributed by atoms with Gasteiger partial charge in [0.05, 0.1) is 0 Å². The maximum atomic E-state index is 13.1. The first-order chi connectivity index (χ1) is 8.69. The number of nitrogens with one attached hydrogen (secondary N) is 1. The molecule has 0 aliphatic carbocycles. The molecule has 0 amide bonds. The number of ether oxygens (including phenoxy) is 1. The monoisotopic (exact) mass is 246 g/mol. The molecule has 0 saturated heterocycles. The minimum Gasteiger partial charge on any atom is -0.439 e. The number of halogens is 1. The first-order valence-corrected chi connectivity index (χ1v) is 5.84. The molecule has 0 spiro atoms. The van der Waals surface area contributed by atoms with Crippen molar-refractivity contribution in [3.63, 3.8) is 0 Å². The molecule has 18 heavy (non-hydrogen) atoms. The average Bonchev–Trinajstić information content (AvgIpc) is 2.35. The summed E-state index contributed by atoms with van der Waals surface area (Å²) in [6, 6.07) is 10.1. The van der Waals surface area contributed by atoms with Crippen LogP contribution in [0.1, 0.15) is 12.5 Å². The molecule has 0 atom stereocenters. The van der Waals surface area contributed by atoms with Gasteiger partial charge in [-0.2, -0.15) is 4.98 Å². The number of hydrogen-bond acceptors (Lipinski definition) is 3. The number of benzene rings is 1. The van der Waals surface area contributed by atoms with Gasteiger partial charge >= 0.3 is 0 Å². The van der Waals surface area contributed by atoms with E-state index < -0.39 is 0 Å². The highest BCUT2D eigenvalue weighted by Crippen LogP contribution is 2.22. The first-order valence-electron chi connectivity index (χ1n) is 5.84. The van der Waals surface area contributed by atoms with E-state index in [2.05, 4.69) is 10.3 Å². The number of nitrogens with zero attached hydrogens (tertiary/aromatic N) is 1. The van der Waals surface area contributed by atoms with Crippen molar-refractivity contribution in [2.75, 3.05) is 11.9 Å². The molecular formula is C14H15FN2O. The van der Waals surface area contributed by atoms with Crippen LogP contribution in [0.25, 0.3) is 0 Å². The van der Waals surface area contributed by atoms with E-state index in [9.17, 15) is 4.39 Å². The van der Waals surface area contributed by atoms with Gasteiger partial charge in [-0.1, -0.05) is 6.07 Å². The number of aromatic nitrogens is 1. The highest BCUT2D eigenvalue weighted by Gasteiger charge is 2.03. The van der Waals surface area contributed by atoms with E-state index in [0.717, 1.165) is 12.4 Å². The summed E-state index contributed by atoms with van der Waals surface area (Å²) >= 11 is 0. The maximum absolute atomic E-state index is 13.1. The minimum atomic E-state index is -0.239. The third kappa shape index (κ3) is 2.97. The van der Waals surface area contributed by atoms with Crippen molar-refractivity contribution in [2.24, 2.45) is 0 Å². The van der Waals surface area contributed by atoms with Crippen LogP contribution in [-0.4, -0.2) is 11.5 Å². The number of pyridine rings is 1. The van der Waals surface area contributed by atoms with Gasteiger partial charge in [-0.05, 0) is 43.7 Å². The topological polar surface area (TPSA) is 34.1 Å². The van der Waals surface area contributed by atoms with Crippen LogP contribution < -0.4 is 10.1 Å². The van der Waals surface area contributed by atoms with Gasteiger partial charge in [-0.25, -0.2) is 4.39 Å². The second kappa shape index (κ2) is 5.49. The molecule has 1 N–H and O–H groups in total. The van der Waals surface area contributed by atoms with Gasteiger partial charge in [0.1, 0.15) is 17.4 Å². The lowest BCUT2D eigenvalue weighted by Crippen LogP contribution is -1.99. The van der Waals surface area contributed by atoms with Gasteiger partial charge in [0.25, 0.3) is 0 Å². The molecule has 0 fully saturated rings. The quantitative estimate of drug-likeness (QED) is 0.892. The summed E-state index contributed by atoms with van der Waals surface area (Å²) in [5.74, 6) is 1.58. The van der Waals surface area contributed by atoms with Gasteiger partial charge in [0.2, 0.25) is 5.88 Å². The number of rotatable bonds is 4. The molecular weight excluding hydrogens is 231 g/mol. The molecule has 0 aliphatic rings. The van der Waals surface area contributed by atoms with Crippen molar-refractivity contribution in [2.45, 2.75) is 13.8 Å². The summed E-state index contributed by atoms with van der Waals surface area (Å²) in [4.78, 5) is 4.28. The van der Waals surface area contributed by atoms with Crippen molar-refractivity contribution in [1.82, 2.24) is 4.98 Å². The van der Waals surface area contributed by atoms with Gasteiger partial charge in [-0.15, -0.1) is 0 Å². The van der Waals surface area contributed by atoms with E-state index in [1.165, 1.54) is 6.07 Å². The van der Waals surface area contributed by atoms with Crippen LogP contribution in [0.5, 0.6) is 11.6 Å². The SMILES string of the molecule is CCNc1cccc(Oc2ccc(F)c(C)c2)n1. The van der Waals surface area contributed by atoms with Crippen LogP contribution in [0.2, 0.25) is 0 Å². The van der Waals surface area contributed by atoms with E-state index in [4.69, 9.17) is 4.74 Å². The summed E-state index contributed by atoms with van der Waals surface area (Å²) in [6.07, 6.45) is 0. The first kappa shape index (κ1) is 12.4. The standard InChI is InChI=1S/C14H15FN2O/c1-3-16-13-5-4-6-14(17-13)18-11-7-8-12(15)10(2)9-11/h4-9H,3H2,1-2H3,(H,16,17). The summed E-state index contributed by atoms with van der Waals surface area (Å²) in [5.41, 5.74) is 0.551. The highest BCUT2D eigenvalue weighted by atomic mass is 19.1. The van der Waals surface area contributed by atoms with Crippen LogP contribution in [-0.2, 0) is 0 Å². The van der Waals surface area contributed by atoms with E-state index >= 15 is 0 Å². The van der Waals surface area contributed by atoms with Crippen LogP contribution in [0.15, 0.2) is 36.4 Å². The molecule has 2 aromatic rings. The normalized spacial score (nSPS) is 10.2. The van der Waals surface area contributed by atoms with Crippen LogP contribution in [0.4, 0.5) is 10.2 Å². The largest absolute Gasteiger partial charge is 0.439 e. The van der Waals surface area contributed by atoms with E-state index in [1.54, 1.807) is 25.1 Å². The van der Waals surface area contributed by atoms with E-state index in [0.29, 0.717) is 17.2 Å². The Bertz CT molecular complexity index is 543. The number of hydrogen-bond donors (Lipinski definition) is 1. The molecule has 1 aromatic carbocycles. The van der Waals surface area contributed by atoms with Gasteiger partial charge in [0, 0.05) is 12.6 Å². The fourth-order valence-corrected chi connectivity index (χ4v) is 1.55. The van der Waals surface area contributed by atoms with Crippen LogP contribution in [0, 0.1) is 12.7 Å². The van der Waals surface area contributed by atoms with Crippen molar-refractivity contribution >= 4 is 5.82 Å². The van der Waals surface area contributed by atoms with Crippen molar-refractivity contribution < 1.29 is 9.13 Å². The molecule has 0 radical (unpaired) electrons. The van der Waals surface area contributed by atoms with E-state index in [-0.39, 0.29) is 5.82 Å². The molecule has 1 aromatic heterocycles. The zero-order valence-corrected chi connectivity index (χ0v) is 10.4. The zero-order valence-electron chi connectivity index (χ0n) is 10.4. The Balaban J connectivity index is 2.17. The smallest absolute Gasteiger partial charge is 0.221 e. The lowest BCUT2D eigenvalue weighted by Gasteiger charge is -2.08. The lowest BCUT2D eigenvalue weighted by molar-refractivity contribution is 0.461. The Labute approximate surface area is 106 Å². The summed E-state index contributed by atoms with van der Waals surface area (Å²) in [5, 5.41) is 3.10. The maximum Gasteiger partial charge on any atom is 0.221 e. The molecule has 1 heterocycles. The van der Waals surface area contributed by atoms with Gasteiger partial charge in [-0.3, -0.25) is 0 Å². The zero-order chi connectivity index (χ0) is 13.0. The van der Waals surface area contributed by atoms with Crippen LogP contribution >= 0.6 is 0 Å². The Kier molecular flexibility index (Phi) is 3.77. The molecule has 3 nitrogen and oxygen atoms in total. The minimum absolute atomic E-state index is 0.239. The summed E-state index contributed by atoms with van der Waals surface area (Å²) in [7, 11) is 0. The fourth-order valence-electron chi connectivity index (χ4n) is 1.55. The predicted molar refractivity (Wildman–Crippen MR) is 69.6 cm³/mol. The Morgan fingerprint density at radius 3 is 2.83 bits per heavy atom. The number of anilines is 1. The van der Waals surface area contributed by atoms with Gasteiger partial charge < -0.3 is 10.1 Å². The Morgan fingerprint density at radius 2 is 2.11 bits per heavy atom. The second-order valence-electron chi connectivity index (χ2n) is 3.90. The molecule has 94 valence electrons. The molecule has 4 heteroatoms. The van der Waals surface area contributed by atoms with Gasteiger partial charge in [0.15, 0.2) is 0 Å². The Hall–Kier alpha value is -2.10. The summed E-state index contributed by atoms with van der Waals surface area (Å²) in [6.45, 7) is 4.50. The Morgan fingerprint density at radius 1 is 1.28 bits per heavy atom. The van der Waals surface area contributed by atoms with Crippen molar-refractivity contribution in [1.29, 1.82) is 0 Å². The molecule has 0 saturated carbocycles.